The van der Waals surface area contributed by atoms with Crippen LogP contribution < -0.4 is 9.64 Å². The number of fused-ring (bicyclic) bond motifs is 1. The number of anilines is 1. The summed E-state index contributed by atoms with van der Waals surface area (Å²) < 4.78 is 18.8. The van der Waals surface area contributed by atoms with Crippen LogP contribution in [-0.2, 0) is 4.79 Å². The molecule has 138 valence electrons. The van der Waals surface area contributed by atoms with Crippen molar-refractivity contribution in [2.45, 2.75) is 0 Å². The summed E-state index contributed by atoms with van der Waals surface area (Å²) in [4.78, 5) is 16.4. The topological polar surface area (TPSA) is 32.8 Å². The standard InChI is InChI=1S/C22H21FN2O2/c23-19-6-8-20(9-7-19)24-11-13-25(14-12-24)22(26)16-27-21-10-5-17-3-1-2-4-18(17)15-21/h1-10,15H,11-14,16H2. The summed E-state index contributed by atoms with van der Waals surface area (Å²) in [5.41, 5.74) is 0.982. The van der Waals surface area contributed by atoms with E-state index in [4.69, 9.17) is 4.74 Å². The number of benzene rings is 3. The predicted octanol–water partition coefficient (Wildman–Crippen LogP) is 3.71. The van der Waals surface area contributed by atoms with Crippen LogP contribution in [0.3, 0.4) is 0 Å². The Kier molecular flexibility index (Phi) is 4.92. The van der Waals surface area contributed by atoms with Crippen LogP contribution in [0.15, 0.2) is 66.7 Å². The molecule has 1 heterocycles. The normalized spacial score (nSPS) is 14.4. The number of piperazine rings is 1. The molecule has 0 unspecified atom stereocenters. The second kappa shape index (κ2) is 7.66. The van der Waals surface area contributed by atoms with Crippen molar-refractivity contribution in [1.29, 1.82) is 0 Å². The molecule has 3 aromatic carbocycles. The SMILES string of the molecule is O=C(COc1ccc2ccccc2c1)N1CCN(c2ccc(F)cc2)CC1. The molecule has 3 aromatic rings. The van der Waals surface area contributed by atoms with E-state index in [0.717, 1.165) is 29.5 Å². The zero-order chi connectivity index (χ0) is 18.6. The summed E-state index contributed by atoms with van der Waals surface area (Å²) in [6.45, 7) is 2.77. The molecule has 0 aromatic heterocycles. The Labute approximate surface area is 157 Å². The van der Waals surface area contributed by atoms with Crippen molar-refractivity contribution in [3.05, 3.63) is 72.5 Å². The Bertz CT molecular complexity index is 934. The zero-order valence-corrected chi connectivity index (χ0v) is 15.0. The van der Waals surface area contributed by atoms with Crippen LogP contribution in [0.5, 0.6) is 5.75 Å². The maximum absolute atomic E-state index is 13.0. The first-order chi connectivity index (χ1) is 13.2. The number of amides is 1. The van der Waals surface area contributed by atoms with E-state index in [1.165, 1.54) is 12.1 Å². The summed E-state index contributed by atoms with van der Waals surface area (Å²) in [7, 11) is 0. The molecule has 4 rings (SSSR count). The van der Waals surface area contributed by atoms with Gasteiger partial charge in [0.05, 0.1) is 0 Å². The lowest BCUT2D eigenvalue weighted by molar-refractivity contribution is -0.133. The average molecular weight is 364 g/mol. The Hall–Kier alpha value is -3.08. The molecule has 0 spiro atoms. The maximum atomic E-state index is 13.0. The van der Waals surface area contributed by atoms with Gasteiger partial charge in [-0.1, -0.05) is 30.3 Å². The van der Waals surface area contributed by atoms with E-state index < -0.39 is 0 Å². The van der Waals surface area contributed by atoms with Crippen LogP contribution in [0.1, 0.15) is 0 Å². The molecule has 1 fully saturated rings. The number of carbonyl (C=O) groups is 1. The number of hydrogen-bond donors (Lipinski definition) is 0. The van der Waals surface area contributed by atoms with Gasteiger partial charge >= 0.3 is 0 Å². The molecule has 1 amide bonds. The third-order valence-electron chi connectivity index (χ3n) is 4.91. The Balaban J connectivity index is 1.30. The van der Waals surface area contributed by atoms with E-state index in [-0.39, 0.29) is 18.3 Å². The van der Waals surface area contributed by atoms with Crippen LogP contribution in [0, 0.1) is 5.82 Å². The third-order valence-corrected chi connectivity index (χ3v) is 4.91. The molecule has 0 radical (unpaired) electrons. The third kappa shape index (κ3) is 4.03. The number of hydrogen-bond acceptors (Lipinski definition) is 3. The van der Waals surface area contributed by atoms with Crippen LogP contribution >= 0.6 is 0 Å². The highest BCUT2D eigenvalue weighted by Crippen LogP contribution is 2.21. The fourth-order valence-corrected chi connectivity index (χ4v) is 3.36. The van der Waals surface area contributed by atoms with Crippen molar-refractivity contribution < 1.29 is 13.9 Å². The van der Waals surface area contributed by atoms with Gasteiger partial charge in [-0.2, -0.15) is 0 Å². The van der Waals surface area contributed by atoms with E-state index in [1.54, 1.807) is 12.1 Å². The summed E-state index contributed by atoms with van der Waals surface area (Å²) in [6.07, 6.45) is 0. The fraction of sp³-hybridized carbons (Fsp3) is 0.227. The van der Waals surface area contributed by atoms with Gasteiger partial charge < -0.3 is 14.5 Å². The summed E-state index contributed by atoms with van der Waals surface area (Å²) in [5.74, 6) is 0.451. The van der Waals surface area contributed by atoms with E-state index in [1.807, 2.05) is 47.4 Å². The zero-order valence-electron chi connectivity index (χ0n) is 15.0. The molecule has 0 bridgehead atoms. The number of halogens is 1. The number of carbonyl (C=O) groups excluding carboxylic acids is 1. The predicted molar refractivity (Wildman–Crippen MR) is 105 cm³/mol. The monoisotopic (exact) mass is 364 g/mol. The second-order valence-electron chi connectivity index (χ2n) is 6.64. The van der Waals surface area contributed by atoms with Crippen molar-refractivity contribution in [2.24, 2.45) is 0 Å². The van der Waals surface area contributed by atoms with Crippen LogP contribution in [-0.4, -0.2) is 43.6 Å². The van der Waals surface area contributed by atoms with Crippen molar-refractivity contribution >= 4 is 22.4 Å². The highest BCUT2D eigenvalue weighted by molar-refractivity contribution is 5.84. The average Bonchev–Trinajstić information content (AvgIpc) is 2.72. The van der Waals surface area contributed by atoms with Gasteiger partial charge in [0.1, 0.15) is 11.6 Å². The van der Waals surface area contributed by atoms with Gasteiger partial charge in [0, 0.05) is 31.9 Å². The van der Waals surface area contributed by atoms with Crippen LogP contribution in [0.25, 0.3) is 10.8 Å². The first-order valence-electron chi connectivity index (χ1n) is 9.09. The molecular weight excluding hydrogens is 343 g/mol. The minimum Gasteiger partial charge on any atom is -0.484 e. The first kappa shape index (κ1) is 17.3. The van der Waals surface area contributed by atoms with Crippen molar-refractivity contribution in [1.82, 2.24) is 4.90 Å². The molecule has 5 heteroatoms. The van der Waals surface area contributed by atoms with Gasteiger partial charge in [-0.05, 0) is 47.2 Å². The number of nitrogens with zero attached hydrogens (tertiary/aromatic N) is 2. The Morgan fingerprint density at radius 1 is 0.889 bits per heavy atom. The van der Waals surface area contributed by atoms with E-state index >= 15 is 0 Å². The van der Waals surface area contributed by atoms with Gasteiger partial charge in [-0.25, -0.2) is 4.39 Å². The maximum Gasteiger partial charge on any atom is 0.260 e. The van der Waals surface area contributed by atoms with Crippen molar-refractivity contribution in [3.8, 4) is 5.75 Å². The summed E-state index contributed by atoms with van der Waals surface area (Å²) >= 11 is 0. The quantitative estimate of drug-likeness (QED) is 0.708. The molecule has 27 heavy (non-hydrogen) atoms. The first-order valence-corrected chi connectivity index (χ1v) is 9.09. The molecule has 0 atom stereocenters. The Morgan fingerprint density at radius 3 is 2.33 bits per heavy atom. The van der Waals surface area contributed by atoms with Crippen LogP contribution in [0.4, 0.5) is 10.1 Å². The molecule has 0 aliphatic carbocycles. The number of ether oxygens (including phenoxy) is 1. The van der Waals surface area contributed by atoms with E-state index in [9.17, 15) is 9.18 Å². The smallest absolute Gasteiger partial charge is 0.260 e. The van der Waals surface area contributed by atoms with Gasteiger partial charge in [0.2, 0.25) is 0 Å². The largest absolute Gasteiger partial charge is 0.484 e. The number of rotatable bonds is 4. The highest BCUT2D eigenvalue weighted by Gasteiger charge is 2.21. The Morgan fingerprint density at radius 2 is 1.59 bits per heavy atom. The van der Waals surface area contributed by atoms with Gasteiger partial charge in [0.25, 0.3) is 5.91 Å². The van der Waals surface area contributed by atoms with Crippen molar-refractivity contribution in [3.63, 3.8) is 0 Å². The summed E-state index contributed by atoms with van der Waals surface area (Å²) in [6, 6.07) is 20.4. The lowest BCUT2D eigenvalue weighted by Crippen LogP contribution is -2.50. The van der Waals surface area contributed by atoms with Crippen LogP contribution in [0.2, 0.25) is 0 Å². The molecule has 1 aliphatic heterocycles. The van der Waals surface area contributed by atoms with Gasteiger partial charge in [-0.15, -0.1) is 0 Å². The summed E-state index contributed by atoms with van der Waals surface area (Å²) in [5, 5.41) is 2.24. The lowest BCUT2D eigenvalue weighted by Gasteiger charge is -2.36. The van der Waals surface area contributed by atoms with Crippen molar-refractivity contribution in [2.75, 3.05) is 37.7 Å². The molecule has 1 saturated heterocycles. The molecule has 4 nitrogen and oxygen atoms in total. The van der Waals surface area contributed by atoms with E-state index in [2.05, 4.69) is 4.90 Å². The van der Waals surface area contributed by atoms with Gasteiger partial charge in [-0.3, -0.25) is 4.79 Å². The molecule has 0 N–H and O–H groups in total. The minimum atomic E-state index is -0.238. The highest BCUT2D eigenvalue weighted by atomic mass is 19.1. The second-order valence-corrected chi connectivity index (χ2v) is 6.64. The molecule has 0 saturated carbocycles. The molecular formula is C22H21FN2O2. The van der Waals surface area contributed by atoms with E-state index in [0.29, 0.717) is 18.8 Å². The molecule has 1 aliphatic rings. The lowest BCUT2D eigenvalue weighted by atomic mass is 10.1. The van der Waals surface area contributed by atoms with Gasteiger partial charge in [0.15, 0.2) is 6.61 Å². The minimum absolute atomic E-state index is 0.0121. The fourth-order valence-electron chi connectivity index (χ4n) is 3.36.